The molecule has 0 bridgehead atoms. The summed E-state index contributed by atoms with van der Waals surface area (Å²) < 4.78 is 5.42. The van der Waals surface area contributed by atoms with Crippen molar-refractivity contribution in [1.82, 2.24) is 9.80 Å². The van der Waals surface area contributed by atoms with Crippen molar-refractivity contribution >= 4 is 6.09 Å². The van der Waals surface area contributed by atoms with Crippen molar-refractivity contribution in [1.29, 1.82) is 0 Å². The molecule has 2 rings (SSSR count). The standard InChI is InChI=1S/C17H33N3O3/c1-5-19-10-6-7-16(18,13-19)17(22)8-11-20(12-9-17)14(21)23-15(2,3)4/h22H,5-13,18H2,1-4H3. The number of nitrogens with zero attached hydrogens (tertiary/aromatic N) is 2. The molecule has 2 fully saturated rings. The fourth-order valence-corrected chi connectivity index (χ4v) is 3.71. The van der Waals surface area contributed by atoms with E-state index < -0.39 is 16.7 Å². The lowest BCUT2D eigenvalue weighted by Crippen LogP contribution is -2.70. The summed E-state index contributed by atoms with van der Waals surface area (Å²) in [5.74, 6) is 0. The number of hydrogen-bond acceptors (Lipinski definition) is 5. The van der Waals surface area contributed by atoms with Gasteiger partial charge in [-0.05, 0) is 59.5 Å². The number of likely N-dealkylation sites (N-methyl/N-ethyl adjacent to an activating group) is 1. The molecule has 1 unspecified atom stereocenters. The Bertz CT molecular complexity index is 427. The first-order chi connectivity index (χ1) is 10.6. The SMILES string of the molecule is CCN1CCCC(N)(C2(O)CCN(C(=O)OC(C)(C)C)CC2)C1. The van der Waals surface area contributed by atoms with Crippen molar-refractivity contribution in [2.75, 3.05) is 32.7 Å². The summed E-state index contributed by atoms with van der Waals surface area (Å²) in [6, 6.07) is 0. The number of amides is 1. The fourth-order valence-electron chi connectivity index (χ4n) is 3.71. The molecule has 1 atom stereocenters. The van der Waals surface area contributed by atoms with Crippen LogP contribution in [0.1, 0.15) is 53.4 Å². The minimum absolute atomic E-state index is 0.301. The van der Waals surface area contributed by atoms with E-state index in [1.165, 1.54) is 0 Å². The first kappa shape index (κ1) is 18.5. The van der Waals surface area contributed by atoms with Gasteiger partial charge in [0.15, 0.2) is 0 Å². The van der Waals surface area contributed by atoms with Crippen molar-refractivity contribution < 1.29 is 14.6 Å². The minimum atomic E-state index is -0.903. The predicted octanol–water partition coefficient (Wildman–Crippen LogP) is 1.56. The van der Waals surface area contributed by atoms with Crippen molar-refractivity contribution in [3.63, 3.8) is 0 Å². The van der Waals surface area contributed by atoms with Crippen LogP contribution in [0.4, 0.5) is 4.79 Å². The maximum absolute atomic E-state index is 12.2. The van der Waals surface area contributed by atoms with Crippen molar-refractivity contribution in [2.45, 2.75) is 70.1 Å². The van der Waals surface area contributed by atoms with E-state index in [0.717, 1.165) is 32.5 Å². The molecule has 134 valence electrons. The molecule has 23 heavy (non-hydrogen) atoms. The highest BCUT2D eigenvalue weighted by molar-refractivity contribution is 5.68. The second kappa shape index (κ2) is 6.57. The third kappa shape index (κ3) is 4.17. The average Bonchev–Trinajstić information content (AvgIpc) is 2.46. The lowest BCUT2D eigenvalue weighted by molar-refractivity contribution is -0.101. The van der Waals surface area contributed by atoms with Gasteiger partial charge >= 0.3 is 6.09 Å². The van der Waals surface area contributed by atoms with E-state index in [2.05, 4.69) is 11.8 Å². The Morgan fingerprint density at radius 2 is 1.83 bits per heavy atom. The number of hydrogen-bond donors (Lipinski definition) is 2. The molecular weight excluding hydrogens is 294 g/mol. The first-order valence-electron chi connectivity index (χ1n) is 8.80. The molecule has 3 N–H and O–H groups in total. The second-order valence-electron chi connectivity index (χ2n) is 8.13. The zero-order chi connectivity index (χ0) is 17.3. The number of carbonyl (C=O) groups excluding carboxylic acids is 1. The molecule has 6 nitrogen and oxygen atoms in total. The average molecular weight is 327 g/mol. The second-order valence-corrected chi connectivity index (χ2v) is 8.13. The fraction of sp³-hybridized carbons (Fsp3) is 0.941. The molecule has 0 spiro atoms. The van der Waals surface area contributed by atoms with Crippen molar-refractivity contribution in [3.8, 4) is 0 Å². The van der Waals surface area contributed by atoms with Gasteiger partial charge in [-0.1, -0.05) is 6.92 Å². The smallest absolute Gasteiger partial charge is 0.410 e. The van der Waals surface area contributed by atoms with Gasteiger partial charge in [0.25, 0.3) is 0 Å². The molecule has 2 aliphatic rings. The van der Waals surface area contributed by atoms with Gasteiger partial charge in [0.2, 0.25) is 0 Å². The molecule has 1 amide bonds. The number of piperidine rings is 2. The third-order valence-corrected chi connectivity index (χ3v) is 5.22. The predicted molar refractivity (Wildman–Crippen MR) is 90.3 cm³/mol. The highest BCUT2D eigenvalue weighted by Gasteiger charge is 2.51. The highest BCUT2D eigenvalue weighted by Crippen LogP contribution is 2.37. The van der Waals surface area contributed by atoms with Crippen molar-refractivity contribution in [3.05, 3.63) is 0 Å². The molecule has 2 heterocycles. The molecule has 6 heteroatoms. The zero-order valence-corrected chi connectivity index (χ0v) is 15.1. The Labute approximate surface area is 139 Å². The molecule has 0 saturated carbocycles. The van der Waals surface area contributed by atoms with Crippen LogP contribution in [0.25, 0.3) is 0 Å². The molecular formula is C17H33N3O3. The summed E-state index contributed by atoms with van der Waals surface area (Å²) in [5.41, 5.74) is 4.65. The molecule has 0 aromatic carbocycles. The quantitative estimate of drug-likeness (QED) is 0.805. The first-order valence-corrected chi connectivity index (χ1v) is 8.80. The van der Waals surface area contributed by atoms with E-state index in [-0.39, 0.29) is 6.09 Å². The van der Waals surface area contributed by atoms with Gasteiger partial charge in [-0.2, -0.15) is 0 Å². The van der Waals surface area contributed by atoms with Crippen LogP contribution in [0.2, 0.25) is 0 Å². The summed E-state index contributed by atoms with van der Waals surface area (Å²) in [4.78, 5) is 16.2. The molecule has 0 aromatic rings. The van der Waals surface area contributed by atoms with Crippen LogP contribution in [0.3, 0.4) is 0 Å². The normalized spacial score (nSPS) is 29.4. The van der Waals surface area contributed by atoms with Crippen LogP contribution in [0.5, 0.6) is 0 Å². The van der Waals surface area contributed by atoms with Gasteiger partial charge in [0, 0.05) is 19.6 Å². The van der Waals surface area contributed by atoms with Crippen LogP contribution < -0.4 is 5.73 Å². The van der Waals surface area contributed by atoms with E-state index in [0.29, 0.717) is 25.9 Å². The number of rotatable bonds is 2. The summed E-state index contributed by atoms with van der Waals surface area (Å²) in [5, 5.41) is 11.2. The summed E-state index contributed by atoms with van der Waals surface area (Å²) in [7, 11) is 0. The van der Waals surface area contributed by atoms with E-state index in [1.807, 2.05) is 20.8 Å². The monoisotopic (exact) mass is 327 g/mol. The Morgan fingerprint density at radius 1 is 1.22 bits per heavy atom. The largest absolute Gasteiger partial charge is 0.444 e. The lowest BCUT2D eigenvalue weighted by Gasteiger charge is -2.52. The van der Waals surface area contributed by atoms with E-state index in [9.17, 15) is 9.90 Å². The van der Waals surface area contributed by atoms with Crippen LogP contribution in [0, 0.1) is 0 Å². The topological polar surface area (TPSA) is 79.0 Å². The Morgan fingerprint density at radius 3 is 2.35 bits per heavy atom. The van der Waals surface area contributed by atoms with E-state index >= 15 is 0 Å². The minimum Gasteiger partial charge on any atom is -0.444 e. The molecule has 0 aliphatic carbocycles. The van der Waals surface area contributed by atoms with Gasteiger partial charge in [-0.25, -0.2) is 4.79 Å². The van der Waals surface area contributed by atoms with E-state index in [1.54, 1.807) is 4.90 Å². The Balaban J connectivity index is 1.97. The maximum Gasteiger partial charge on any atom is 0.410 e. The van der Waals surface area contributed by atoms with Gasteiger partial charge in [0.1, 0.15) is 5.60 Å². The Kier molecular flexibility index (Phi) is 5.28. The number of carbonyl (C=O) groups is 1. The van der Waals surface area contributed by atoms with Crippen LogP contribution in [-0.4, -0.2) is 70.5 Å². The maximum atomic E-state index is 12.2. The Hall–Kier alpha value is -0.850. The van der Waals surface area contributed by atoms with Gasteiger partial charge in [0.05, 0.1) is 11.1 Å². The van der Waals surface area contributed by atoms with Crippen LogP contribution in [0.15, 0.2) is 0 Å². The van der Waals surface area contributed by atoms with Crippen molar-refractivity contribution in [2.24, 2.45) is 5.73 Å². The summed E-state index contributed by atoms with van der Waals surface area (Å²) in [6.07, 6.45) is 2.58. The van der Waals surface area contributed by atoms with E-state index in [4.69, 9.17) is 10.5 Å². The van der Waals surface area contributed by atoms with Gasteiger partial charge < -0.3 is 25.4 Å². The van der Waals surface area contributed by atoms with Gasteiger partial charge in [-0.3, -0.25) is 0 Å². The number of aliphatic hydroxyl groups is 1. The molecule has 2 saturated heterocycles. The number of likely N-dealkylation sites (tertiary alicyclic amines) is 2. The van der Waals surface area contributed by atoms with Gasteiger partial charge in [-0.15, -0.1) is 0 Å². The number of nitrogens with two attached hydrogens (primary N) is 1. The molecule has 0 radical (unpaired) electrons. The zero-order valence-electron chi connectivity index (χ0n) is 15.1. The third-order valence-electron chi connectivity index (χ3n) is 5.22. The lowest BCUT2D eigenvalue weighted by atomic mass is 9.70. The van der Waals surface area contributed by atoms with Crippen LogP contribution in [-0.2, 0) is 4.74 Å². The molecule has 0 aromatic heterocycles. The van der Waals surface area contributed by atoms with Crippen LogP contribution >= 0.6 is 0 Å². The molecule has 2 aliphatic heterocycles. The summed E-state index contributed by atoms with van der Waals surface area (Å²) >= 11 is 0. The highest BCUT2D eigenvalue weighted by atomic mass is 16.6. The number of ether oxygens (including phenoxy) is 1. The summed E-state index contributed by atoms with van der Waals surface area (Å²) in [6.45, 7) is 11.4.